The van der Waals surface area contributed by atoms with E-state index in [0.29, 0.717) is 12.8 Å². The average Bonchev–Trinajstić information content (AvgIpc) is 3.42. The maximum atomic E-state index is 12.9. The number of unbranched alkanes of at least 4 members (excludes halogenated alkanes) is 35. The normalized spacial score (nSPS) is 12.6. The standard InChI is InChI=1S/C70H122O6/c1-4-7-10-13-16-19-22-25-28-30-32-33-34-35-36-37-38-40-42-45-48-51-54-57-60-63-69(72)75-66-67(65-74-68(71)62-59-56-53-50-47-44-41-27-24-21-18-15-12-9-6-3)76-70(73)64-61-58-55-52-49-46-43-39-31-29-26-23-20-17-14-11-8-5-2/h9,12,18,21-22,25,27,30,32,41,47,50,56,59,67H,4-8,10-11,13-17,19-20,23-24,26,28-29,31,33-40,42-46,48-49,51-55,57-58,60-66H2,1-3H3/b12-9-,21-18-,25-22-,32-30-,41-27-,50-47-,59-56-. The van der Waals surface area contributed by atoms with Crippen LogP contribution in [0.15, 0.2) is 85.1 Å². The molecule has 6 heteroatoms. The topological polar surface area (TPSA) is 78.9 Å². The maximum absolute atomic E-state index is 12.9. The Kier molecular flexibility index (Phi) is 61.2. The van der Waals surface area contributed by atoms with Crippen molar-refractivity contribution in [3.63, 3.8) is 0 Å². The molecule has 0 saturated carbocycles. The van der Waals surface area contributed by atoms with E-state index in [9.17, 15) is 14.4 Å². The molecule has 0 radical (unpaired) electrons. The fourth-order valence-electron chi connectivity index (χ4n) is 9.31. The number of esters is 3. The molecule has 0 spiro atoms. The molecule has 1 atom stereocenters. The van der Waals surface area contributed by atoms with E-state index in [1.165, 1.54) is 205 Å². The molecule has 438 valence electrons. The highest BCUT2D eigenvalue weighted by Crippen LogP contribution is 2.17. The quantitative estimate of drug-likeness (QED) is 0.0261. The predicted octanol–water partition coefficient (Wildman–Crippen LogP) is 22.3. The largest absolute Gasteiger partial charge is 0.462 e. The summed E-state index contributed by atoms with van der Waals surface area (Å²) in [6.45, 7) is 6.47. The van der Waals surface area contributed by atoms with Crippen LogP contribution in [0.5, 0.6) is 0 Å². The summed E-state index contributed by atoms with van der Waals surface area (Å²) in [6, 6.07) is 0. The van der Waals surface area contributed by atoms with Gasteiger partial charge in [-0.25, -0.2) is 0 Å². The van der Waals surface area contributed by atoms with Crippen molar-refractivity contribution in [2.45, 2.75) is 329 Å². The fraction of sp³-hybridized carbons (Fsp3) is 0.757. The van der Waals surface area contributed by atoms with Crippen LogP contribution in [0.1, 0.15) is 323 Å². The van der Waals surface area contributed by atoms with Crippen molar-refractivity contribution in [2.24, 2.45) is 0 Å². The summed E-state index contributed by atoms with van der Waals surface area (Å²) in [5.74, 6) is -1.02. The lowest BCUT2D eigenvalue weighted by Crippen LogP contribution is -2.30. The lowest BCUT2D eigenvalue weighted by molar-refractivity contribution is -0.166. The summed E-state index contributed by atoms with van der Waals surface area (Å²) < 4.78 is 16.8. The monoisotopic (exact) mass is 1060 g/mol. The molecule has 0 aliphatic rings. The Bertz CT molecular complexity index is 1450. The van der Waals surface area contributed by atoms with Crippen LogP contribution in [-0.2, 0) is 28.6 Å². The van der Waals surface area contributed by atoms with Crippen LogP contribution < -0.4 is 0 Å². The summed E-state index contributed by atoms with van der Waals surface area (Å²) in [5, 5.41) is 0. The van der Waals surface area contributed by atoms with Gasteiger partial charge in [-0.15, -0.1) is 0 Å². The second kappa shape index (κ2) is 64.1. The Morgan fingerprint density at radius 3 is 0.921 bits per heavy atom. The number of hydrogen-bond donors (Lipinski definition) is 0. The van der Waals surface area contributed by atoms with Gasteiger partial charge in [-0.3, -0.25) is 14.4 Å². The SMILES string of the molecule is CC/C=C\C/C=C\C/C=C\C/C=C\C/C=C\CC(=O)OCC(COC(=O)CCCCCCCCCCCCCCC/C=C\C/C=C\CCCCCCC)OC(=O)CCCCCCCCCCCCCCCCCCCC. The van der Waals surface area contributed by atoms with Gasteiger partial charge < -0.3 is 14.2 Å². The number of hydrogen-bond acceptors (Lipinski definition) is 6. The molecule has 0 amide bonds. The van der Waals surface area contributed by atoms with E-state index < -0.39 is 12.1 Å². The first-order chi connectivity index (χ1) is 37.5. The van der Waals surface area contributed by atoms with Gasteiger partial charge >= 0.3 is 17.9 Å². The first kappa shape index (κ1) is 72.6. The molecule has 0 aromatic carbocycles. The highest BCUT2D eigenvalue weighted by Gasteiger charge is 2.19. The van der Waals surface area contributed by atoms with Crippen LogP contribution in [0.25, 0.3) is 0 Å². The molecular formula is C70H122O6. The lowest BCUT2D eigenvalue weighted by Gasteiger charge is -2.18. The van der Waals surface area contributed by atoms with Gasteiger partial charge in [0.05, 0.1) is 6.42 Å². The number of carbonyl (C=O) groups is 3. The molecule has 76 heavy (non-hydrogen) atoms. The molecule has 0 fully saturated rings. The Labute approximate surface area is 471 Å². The van der Waals surface area contributed by atoms with Gasteiger partial charge in [0.1, 0.15) is 13.2 Å². The molecule has 0 bridgehead atoms. The van der Waals surface area contributed by atoms with Crippen LogP contribution in [-0.4, -0.2) is 37.2 Å². The molecule has 0 heterocycles. The molecule has 0 aromatic heterocycles. The molecule has 0 aromatic rings. The zero-order valence-corrected chi connectivity index (χ0v) is 50.3. The summed E-state index contributed by atoms with van der Waals surface area (Å²) >= 11 is 0. The second-order valence-corrected chi connectivity index (χ2v) is 21.7. The Hall–Kier alpha value is -3.41. The third-order valence-corrected chi connectivity index (χ3v) is 14.2. The van der Waals surface area contributed by atoms with Crippen molar-refractivity contribution in [2.75, 3.05) is 13.2 Å². The summed E-state index contributed by atoms with van der Waals surface area (Å²) in [7, 11) is 0. The molecule has 0 aliphatic heterocycles. The summed E-state index contributed by atoms with van der Waals surface area (Å²) in [4.78, 5) is 38.3. The minimum atomic E-state index is -0.816. The highest BCUT2D eigenvalue weighted by molar-refractivity contribution is 5.72. The molecule has 1 unspecified atom stereocenters. The van der Waals surface area contributed by atoms with Gasteiger partial charge in [0.25, 0.3) is 0 Å². The van der Waals surface area contributed by atoms with Gasteiger partial charge in [-0.1, -0.05) is 311 Å². The van der Waals surface area contributed by atoms with Crippen molar-refractivity contribution >= 4 is 17.9 Å². The zero-order valence-electron chi connectivity index (χ0n) is 50.3. The van der Waals surface area contributed by atoms with Crippen molar-refractivity contribution in [3.05, 3.63) is 85.1 Å². The van der Waals surface area contributed by atoms with Crippen LogP contribution in [0.2, 0.25) is 0 Å². The van der Waals surface area contributed by atoms with Crippen LogP contribution in [0, 0.1) is 0 Å². The first-order valence-electron chi connectivity index (χ1n) is 32.6. The molecule has 6 nitrogen and oxygen atoms in total. The van der Waals surface area contributed by atoms with Gasteiger partial charge in [0.2, 0.25) is 0 Å². The molecule has 0 rings (SSSR count). The number of carbonyl (C=O) groups excluding carboxylic acids is 3. The Morgan fingerprint density at radius 2 is 0.566 bits per heavy atom. The van der Waals surface area contributed by atoms with E-state index in [1.807, 2.05) is 6.08 Å². The average molecular weight is 1060 g/mol. The number of ether oxygens (including phenoxy) is 3. The maximum Gasteiger partial charge on any atom is 0.309 e. The van der Waals surface area contributed by atoms with Gasteiger partial charge in [-0.05, 0) is 77.0 Å². The zero-order chi connectivity index (χ0) is 55.0. The third kappa shape index (κ3) is 61.4. The fourth-order valence-corrected chi connectivity index (χ4v) is 9.31. The van der Waals surface area contributed by atoms with Crippen LogP contribution >= 0.6 is 0 Å². The van der Waals surface area contributed by atoms with E-state index >= 15 is 0 Å². The summed E-state index contributed by atoms with van der Waals surface area (Å²) in [5.41, 5.74) is 0. The molecule has 0 aliphatic carbocycles. The third-order valence-electron chi connectivity index (χ3n) is 14.2. The predicted molar refractivity (Wildman–Crippen MR) is 330 cm³/mol. The minimum absolute atomic E-state index is 0.104. The number of allylic oxidation sites excluding steroid dienone is 13. The van der Waals surface area contributed by atoms with Crippen molar-refractivity contribution in [1.29, 1.82) is 0 Å². The lowest BCUT2D eigenvalue weighted by atomic mass is 10.0. The van der Waals surface area contributed by atoms with E-state index in [0.717, 1.165) is 77.0 Å². The van der Waals surface area contributed by atoms with Crippen molar-refractivity contribution in [1.82, 2.24) is 0 Å². The number of rotatable bonds is 59. The van der Waals surface area contributed by atoms with Gasteiger partial charge in [-0.2, -0.15) is 0 Å². The van der Waals surface area contributed by atoms with E-state index in [4.69, 9.17) is 14.2 Å². The molecular weight excluding hydrogens is 937 g/mol. The summed E-state index contributed by atoms with van der Waals surface area (Å²) in [6.07, 6.45) is 84.8. The van der Waals surface area contributed by atoms with Gasteiger partial charge in [0.15, 0.2) is 6.10 Å². The Morgan fingerprint density at radius 1 is 0.289 bits per heavy atom. The van der Waals surface area contributed by atoms with E-state index in [2.05, 4.69) is 93.7 Å². The first-order valence-corrected chi connectivity index (χ1v) is 32.6. The second-order valence-electron chi connectivity index (χ2n) is 21.7. The molecule has 0 saturated heterocycles. The van der Waals surface area contributed by atoms with Gasteiger partial charge in [0, 0.05) is 12.8 Å². The van der Waals surface area contributed by atoms with Crippen LogP contribution in [0.4, 0.5) is 0 Å². The molecule has 0 N–H and O–H groups in total. The Balaban J connectivity index is 4.36. The highest BCUT2D eigenvalue weighted by atomic mass is 16.6. The van der Waals surface area contributed by atoms with Crippen molar-refractivity contribution in [3.8, 4) is 0 Å². The minimum Gasteiger partial charge on any atom is -0.462 e. The smallest absolute Gasteiger partial charge is 0.309 e. The van der Waals surface area contributed by atoms with E-state index in [-0.39, 0.29) is 31.6 Å². The van der Waals surface area contributed by atoms with E-state index in [1.54, 1.807) is 6.08 Å². The van der Waals surface area contributed by atoms with Crippen LogP contribution in [0.3, 0.4) is 0 Å². The van der Waals surface area contributed by atoms with Crippen molar-refractivity contribution < 1.29 is 28.6 Å².